The summed E-state index contributed by atoms with van der Waals surface area (Å²) in [6.45, 7) is 6.66. The number of carbonyl (C=O) groups is 2. The van der Waals surface area contributed by atoms with Crippen molar-refractivity contribution in [3.8, 4) is 0 Å². The molecule has 6 heteroatoms. The molecule has 1 N–H and O–H groups in total. The molecule has 3 heterocycles. The van der Waals surface area contributed by atoms with Crippen LogP contribution in [-0.2, 0) is 0 Å². The number of likely N-dealkylation sites (tertiary alicyclic amines) is 1. The fourth-order valence-electron chi connectivity index (χ4n) is 3.18. The molecule has 3 aliphatic heterocycles. The minimum absolute atomic E-state index is 0.0175. The summed E-state index contributed by atoms with van der Waals surface area (Å²) in [4.78, 5) is 29.7. The maximum Gasteiger partial charge on any atom is 0.320 e. The Morgan fingerprint density at radius 3 is 2.63 bits per heavy atom. The molecule has 3 aliphatic rings. The van der Waals surface area contributed by atoms with Crippen molar-refractivity contribution in [2.45, 2.75) is 25.8 Å². The highest BCUT2D eigenvalue weighted by Crippen LogP contribution is 2.20. The van der Waals surface area contributed by atoms with Crippen LogP contribution >= 0.6 is 0 Å². The van der Waals surface area contributed by atoms with Gasteiger partial charge in [0.2, 0.25) is 0 Å². The third-order valence-electron chi connectivity index (χ3n) is 4.56. The van der Waals surface area contributed by atoms with Crippen LogP contribution in [0.15, 0.2) is 0 Å². The van der Waals surface area contributed by atoms with Crippen molar-refractivity contribution in [1.82, 2.24) is 20.0 Å². The van der Waals surface area contributed by atoms with E-state index < -0.39 is 0 Å². The predicted octanol–water partition coefficient (Wildman–Crippen LogP) is 0.548. The summed E-state index contributed by atoms with van der Waals surface area (Å²) in [5.41, 5.74) is 0. The second-order valence-corrected chi connectivity index (χ2v) is 5.93. The average Bonchev–Trinajstić information content (AvgIpc) is 2.80. The molecule has 1 unspecified atom stereocenters. The Morgan fingerprint density at radius 2 is 1.89 bits per heavy atom. The fraction of sp³-hybridized carbons (Fsp3) is 0.846. The number of nitrogens with zero attached hydrogens (tertiary/aromatic N) is 3. The Labute approximate surface area is 113 Å². The minimum atomic E-state index is 0.0175. The summed E-state index contributed by atoms with van der Waals surface area (Å²) in [5, 5.41) is 2.84. The predicted molar refractivity (Wildman–Crippen MR) is 70.8 cm³/mol. The number of amides is 4. The number of carbonyl (C=O) groups excluding carboxylic acids is 2. The van der Waals surface area contributed by atoms with E-state index >= 15 is 0 Å². The molecule has 3 fully saturated rings. The summed E-state index contributed by atoms with van der Waals surface area (Å²) in [6, 6.07) is 0.337. The van der Waals surface area contributed by atoms with Crippen molar-refractivity contribution in [2.75, 3.05) is 39.3 Å². The normalized spacial score (nSPS) is 28.4. The standard InChI is InChI=1S/C13H22N4O2/c1-10-2-4-15(5-3-10)13(19)16-6-7-17-11(9-16)8-14-12(17)18/h10-11H,2-9H2,1H3,(H,14,18). The summed E-state index contributed by atoms with van der Waals surface area (Å²) >= 11 is 0. The zero-order chi connectivity index (χ0) is 13.4. The van der Waals surface area contributed by atoms with E-state index in [0.29, 0.717) is 26.2 Å². The average molecular weight is 266 g/mol. The molecule has 19 heavy (non-hydrogen) atoms. The van der Waals surface area contributed by atoms with Crippen LogP contribution < -0.4 is 5.32 Å². The van der Waals surface area contributed by atoms with Crippen LogP contribution in [0.25, 0.3) is 0 Å². The van der Waals surface area contributed by atoms with E-state index in [0.717, 1.165) is 31.8 Å². The van der Waals surface area contributed by atoms with Gasteiger partial charge in [0.25, 0.3) is 0 Å². The third-order valence-corrected chi connectivity index (χ3v) is 4.56. The Bertz CT molecular complexity index is 379. The molecule has 0 radical (unpaired) electrons. The minimum Gasteiger partial charge on any atom is -0.336 e. The van der Waals surface area contributed by atoms with E-state index in [1.54, 1.807) is 0 Å². The van der Waals surface area contributed by atoms with Crippen molar-refractivity contribution in [1.29, 1.82) is 0 Å². The van der Waals surface area contributed by atoms with Gasteiger partial charge in [0.15, 0.2) is 0 Å². The van der Waals surface area contributed by atoms with E-state index in [-0.39, 0.29) is 18.1 Å². The van der Waals surface area contributed by atoms with Gasteiger partial charge in [-0.25, -0.2) is 9.59 Å². The third kappa shape index (κ3) is 2.35. The molecule has 0 saturated carbocycles. The zero-order valence-corrected chi connectivity index (χ0v) is 11.5. The first-order chi connectivity index (χ1) is 9.15. The number of rotatable bonds is 0. The second kappa shape index (κ2) is 4.90. The molecule has 3 rings (SSSR count). The van der Waals surface area contributed by atoms with Gasteiger partial charge in [-0.3, -0.25) is 0 Å². The van der Waals surface area contributed by atoms with Crippen LogP contribution in [-0.4, -0.2) is 72.1 Å². The van der Waals surface area contributed by atoms with Gasteiger partial charge in [0.05, 0.1) is 6.04 Å². The summed E-state index contributed by atoms with van der Waals surface area (Å²) < 4.78 is 0. The Kier molecular flexibility index (Phi) is 3.24. The molecule has 3 saturated heterocycles. The molecule has 106 valence electrons. The van der Waals surface area contributed by atoms with Gasteiger partial charge in [0, 0.05) is 39.3 Å². The summed E-state index contributed by atoms with van der Waals surface area (Å²) in [5.74, 6) is 0.734. The molecule has 0 aliphatic carbocycles. The Morgan fingerprint density at radius 1 is 1.16 bits per heavy atom. The Balaban J connectivity index is 1.58. The SMILES string of the molecule is CC1CCN(C(=O)N2CCN3C(=O)NCC3C2)CC1. The van der Waals surface area contributed by atoms with Crippen molar-refractivity contribution in [3.05, 3.63) is 0 Å². The fourth-order valence-corrected chi connectivity index (χ4v) is 3.18. The molecule has 1 atom stereocenters. The highest BCUT2D eigenvalue weighted by molar-refractivity contribution is 5.79. The van der Waals surface area contributed by atoms with Gasteiger partial charge in [-0.2, -0.15) is 0 Å². The molecule has 4 amide bonds. The van der Waals surface area contributed by atoms with E-state index in [1.807, 2.05) is 14.7 Å². The molecule has 6 nitrogen and oxygen atoms in total. The number of hydrogen-bond acceptors (Lipinski definition) is 2. The van der Waals surface area contributed by atoms with Crippen LogP contribution in [0.4, 0.5) is 9.59 Å². The number of piperazine rings is 1. The molecular formula is C13H22N4O2. The van der Waals surface area contributed by atoms with Crippen molar-refractivity contribution >= 4 is 12.1 Å². The van der Waals surface area contributed by atoms with Crippen LogP contribution in [0.5, 0.6) is 0 Å². The van der Waals surface area contributed by atoms with Crippen molar-refractivity contribution in [3.63, 3.8) is 0 Å². The smallest absolute Gasteiger partial charge is 0.320 e. The van der Waals surface area contributed by atoms with E-state index in [2.05, 4.69) is 12.2 Å². The van der Waals surface area contributed by atoms with E-state index in [1.165, 1.54) is 0 Å². The second-order valence-electron chi connectivity index (χ2n) is 5.93. The highest BCUT2D eigenvalue weighted by Gasteiger charge is 2.38. The summed E-state index contributed by atoms with van der Waals surface area (Å²) in [6.07, 6.45) is 2.21. The van der Waals surface area contributed by atoms with Crippen molar-refractivity contribution in [2.24, 2.45) is 5.92 Å². The number of urea groups is 2. The maximum absolute atomic E-state index is 12.5. The first-order valence-electron chi connectivity index (χ1n) is 7.23. The quantitative estimate of drug-likeness (QED) is 0.696. The van der Waals surface area contributed by atoms with Crippen molar-refractivity contribution < 1.29 is 9.59 Å². The maximum atomic E-state index is 12.5. The largest absolute Gasteiger partial charge is 0.336 e. The lowest BCUT2D eigenvalue weighted by atomic mass is 9.99. The van der Waals surface area contributed by atoms with Gasteiger partial charge >= 0.3 is 12.1 Å². The van der Waals surface area contributed by atoms with Gasteiger partial charge in [-0.1, -0.05) is 6.92 Å². The van der Waals surface area contributed by atoms with Crippen LogP contribution in [0.1, 0.15) is 19.8 Å². The molecular weight excluding hydrogens is 244 g/mol. The lowest BCUT2D eigenvalue weighted by Gasteiger charge is -2.40. The van der Waals surface area contributed by atoms with Gasteiger partial charge in [-0.05, 0) is 18.8 Å². The topological polar surface area (TPSA) is 55.9 Å². The summed E-state index contributed by atoms with van der Waals surface area (Å²) in [7, 11) is 0. The number of piperidine rings is 1. The van der Waals surface area contributed by atoms with E-state index in [9.17, 15) is 9.59 Å². The zero-order valence-electron chi connectivity index (χ0n) is 11.5. The van der Waals surface area contributed by atoms with Gasteiger partial charge in [-0.15, -0.1) is 0 Å². The monoisotopic (exact) mass is 266 g/mol. The van der Waals surface area contributed by atoms with Gasteiger partial charge in [0.1, 0.15) is 0 Å². The Hall–Kier alpha value is -1.46. The molecule has 0 spiro atoms. The van der Waals surface area contributed by atoms with Crippen LogP contribution in [0.2, 0.25) is 0 Å². The molecule has 0 aromatic rings. The number of nitrogens with one attached hydrogen (secondary N) is 1. The molecule has 0 aromatic heterocycles. The molecule has 0 bridgehead atoms. The lowest BCUT2D eigenvalue weighted by molar-refractivity contribution is 0.0974. The van der Waals surface area contributed by atoms with E-state index in [4.69, 9.17) is 0 Å². The van der Waals surface area contributed by atoms with Crippen LogP contribution in [0, 0.1) is 5.92 Å². The number of fused-ring (bicyclic) bond motifs is 1. The first-order valence-corrected chi connectivity index (χ1v) is 7.23. The first kappa shape index (κ1) is 12.6. The molecule has 0 aromatic carbocycles. The lowest BCUT2D eigenvalue weighted by Crippen LogP contribution is -2.57. The van der Waals surface area contributed by atoms with Gasteiger partial charge < -0.3 is 20.0 Å². The highest BCUT2D eigenvalue weighted by atomic mass is 16.2. The number of hydrogen-bond donors (Lipinski definition) is 1. The van der Waals surface area contributed by atoms with Crippen LogP contribution in [0.3, 0.4) is 0 Å².